The van der Waals surface area contributed by atoms with Crippen LogP contribution in [0.25, 0.3) is 0 Å². The van der Waals surface area contributed by atoms with Crippen LogP contribution in [-0.2, 0) is 0 Å². The fourth-order valence-corrected chi connectivity index (χ4v) is 2.83. The number of benzene rings is 2. The summed E-state index contributed by atoms with van der Waals surface area (Å²) in [6.07, 6.45) is 2.51. The minimum atomic E-state index is -0.126. The molecule has 4 nitrogen and oxygen atoms in total. The van der Waals surface area contributed by atoms with Gasteiger partial charge in [-0.2, -0.15) is 0 Å². The van der Waals surface area contributed by atoms with E-state index in [1.165, 1.54) is 18.5 Å². The third-order valence-electron chi connectivity index (χ3n) is 4.22. The van der Waals surface area contributed by atoms with E-state index >= 15 is 0 Å². The van der Waals surface area contributed by atoms with Crippen molar-refractivity contribution in [2.24, 2.45) is 0 Å². The smallest absolute Gasteiger partial charge is 0.256 e. The molecule has 0 saturated carbocycles. The topological polar surface area (TPSA) is 58.4 Å². The Kier molecular flexibility index (Phi) is 4.00. The van der Waals surface area contributed by atoms with E-state index in [0.717, 1.165) is 24.3 Å². The number of nitrogens with two attached hydrogens (primary N) is 1. The normalized spacial score (nSPS) is 14.1. The van der Waals surface area contributed by atoms with Crippen LogP contribution in [0.3, 0.4) is 0 Å². The Bertz CT molecular complexity index is 673. The minimum Gasteiger partial charge on any atom is -0.398 e. The molecule has 0 bridgehead atoms. The molecule has 1 saturated heterocycles. The van der Waals surface area contributed by atoms with Crippen molar-refractivity contribution in [2.75, 3.05) is 29.0 Å². The van der Waals surface area contributed by atoms with Gasteiger partial charge in [-0.15, -0.1) is 0 Å². The molecule has 1 amide bonds. The number of rotatable bonds is 3. The van der Waals surface area contributed by atoms with Crippen molar-refractivity contribution >= 4 is 23.0 Å². The number of nitrogens with zero attached hydrogens (tertiary/aromatic N) is 1. The maximum Gasteiger partial charge on any atom is 0.256 e. The third kappa shape index (κ3) is 2.91. The molecule has 0 radical (unpaired) electrons. The number of amides is 1. The highest BCUT2D eigenvalue weighted by Crippen LogP contribution is 2.23. The van der Waals surface area contributed by atoms with E-state index in [1.54, 1.807) is 18.2 Å². The van der Waals surface area contributed by atoms with Gasteiger partial charge in [-0.1, -0.05) is 6.07 Å². The zero-order valence-electron chi connectivity index (χ0n) is 12.8. The van der Waals surface area contributed by atoms with Gasteiger partial charge in [-0.3, -0.25) is 4.79 Å². The number of anilines is 3. The van der Waals surface area contributed by atoms with Gasteiger partial charge in [-0.05, 0) is 61.7 Å². The van der Waals surface area contributed by atoms with Crippen molar-refractivity contribution in [1.29, 1.82) is 0 Å². The Balaban J connectivity index is 1.72. The van der Waals surface area contributed by atoms with Crippen molar-refractivity contribution in [3.8, 4) is 0 Å². The van der Waals surface area contributed by atoms with Crippen LogP contribution in [0.15, 0.2) is 42.5 Å². The van der Waals surface area contributed by atoms with E-state index in [1.807, 2.05) is 19.1 Å². The number of hydrogen-bond donors (Lipinski definition) is 2. The molecule has 0 atom stereocenters. The van der Waals surface area contributed by atoms with Crippen LogP contribution in [0.2, 0.25) is 0 Å². The van der Waals surface area contributed by atoms with Gasteiger partial charge >= 0.3 is 0 Å². The molecule has 2 aromatic carbocycles. The predicted molar refractivity (Wildman–Crippen MR) is 91.4 cm³/mol. The lowest BCUT2D eigenvalue weighted by Gasteiger charge is -2.18. The first-order valence-corrected chi connectivity index (χ1v) is 7.66. The van der Waals surface area contributed by atoms with Gasteiger partial charge in [0.1, 0.15) is 0 Å². The summed E-state index contributed by atoms with van der Waals surface area (Å²) in [5.74, 6) is -0.126. The molecule has 1 fully saturated rings. The number of carbonyl (C=O) groups excluding carboxylic acids is 1. The number of hydrogen-bond acceptors (Lipinski definition) is 3. The molecule has 0 unspecified atom stereocenters. The largest absolute Gasteiger partial charge is 0.398 e. The fourth-order valence-electron chi connectivity index (χ4n) is 2.83. The van der Waals surface area contributed by atoms with Crippen molar-refractivity contribution in [3.63, 3.8) is 0 Å². The van der Waals surface area contributed by atoms with Crippen LogP contribution in [0.4, 0.5) is 17.1 Å². The SMILES string of the molecule is Cc1c(N)cccc1C(=O)Nc1ccc(N2CCCC2)cc1. The van der Waals surface area contributed by atoms with Crippen LogP contribution in [0.1, 0.15) is 28.8 Å². The maximum absolute atomic E-state index is 12.4. The number of nitrogen functional groups attached to an aromatic ring is 1. The molecule has 0 spiro atoms. The molecule has 3 rings (SSSR count). The van der Waals surface area contributed by atoms with Gasteiger partial charge in [0.05, 0.1) is 0 Å². The number of nitrogens with one attached hydrogen (secondary N) is 1. The summed E-state index contributed by atoms with van der Waals surface area (Å²) >= 11 is 0. The Morgan fingerprint density at radius 2 is 1.77 bits per heavy atom. The standard InChI is InChI=1S/C18H21N3O/c1-13-16(5-4-6-17(13)19)18(22)20-14-7-9-15(10-8-14)21-11-2-3-12-21/h4-10H,2-3,11-12,19H2,1H3,(H,20,22). The van der Waals surface area contributed by atoms with Crippen molar-refractivity contribution in [3.05, 3.63) is 53.6 Å². The molecule has 4 heteroatoms. The van der Waals surface area contributed by atoms with E-state index in [4.69, 9.17) is 5.73 Å². The van der Waals surface area contributed by atoms with Crippen LogP contribution in [0, 0.1) is 6.92 Å². The van der Waals surface area contributed by atoms with E-state index in [2.05, 4.69) is 22.3 Å². The molecular formula is C18H21N3O. The average Bonchev–Trinajstić information content (AvgIpc) is 3.05. The van der Waals surface area contributed by atoms with Crippen LogP contribution in [0.5, 0.6) is 0 Å². The van der Waals surface area contributed by atoms with Crippen LogP contribution >= 0.6 is 0 Å². The second kappa shape index (κ2) is 6.10. The zero-order chi connectivity index (χ0) is 15.5. The van der Waals surface area contributed by atoms with E-state index in [9.17, 15) is 4.79 Å². The lowest BCUT2D eigenvalue weighted by atomic mass is 10.1. The molecule has 1 aliphatic heterocycles. The molecule has 1 heterocycles. The molecule has 2 aromatic rings. The van der Waals surface area contributed by atoms with Gasteiger partial charge in [0.25, 0.3) is 5.91 Å². The number of carbonyl (C=O) groups is 1. The predicted octanol–water partition coefficient (Wildman–Crippen LogP) is 3.43. The molecule has 22 heavy (non-hydrogen) atoms. The maximum atomic E-state index is 12.4. The highest BCUT2D eigenvalue weighted by molar-refractivity contribution is 6.06. The lowest BCUT2D eigenvalue weighted by molar-refractivity contribution is 0.102. The second-order valence-corrected chi connectivity index (χ2v) is 5.71. The van der Waals surface area contributed by atoms with Crippen molar-refractivity contribution < 1.29 is 4.79 Å². The van der Waals surface area contributed by atoms with Gasteiger partial charge in [0.15, 0.2) is 0 Å². The lowest BCUT2D eigenvalue weighted by Crippen LogP contribution is -2.17. The summed E-state index contributed by atoms with van der Waals surface area (Å²) < 4.78 is 0. The Morgan fingerprint density at radius 1 is 1.09 bits per heavy atom. The summed E-state index contributed by atoms with van der Waals surface area (Å²) in [6, 6.07) is 13.4. The Morgan fingerprint density at radius 3 is 2.45 bits per heavy atom. The molecule has 0 aliphatic carbocycles. The second-order valence-electron chi connectivity index (χ2n) is 5.71. The van der Waals surface area contributed by atoms with Crippen molar-refractivity contribution in [1.82, 2.24) is 0 Å². The highest BCUT2D eigenvalue weighted by Gasteiger charge is 2.13. The Labute approximate surface area is 130 Å². The first-order chi connectivity index (χ1) is 10.6. The molecule has 0 aromatic heterocycles. The van der Waals surface area contributed by atoms with Gasteiger partial charge < -0.3 is 16.0 Å². The van der Waals surface area contributed by atoms with E-state index in [0.29, 0.717) is 11.3 Å². The van der Waals surface area contributed by atoms with Crippen LogP contribution < -0.4 is 16.0 Å². The summed E-state index contributed by atoms with van der Waals surface area (Å²) in [5.41, 5.74) is 9.94. The molecule has 3 N–H and O–H groups in total. The molecular weight excluding hydrogens is 274 g/mol. The van der Waals surface area contributed by atoms with Gasteiger partial charge in [0, 0.05) is 35.7 Å². The van der Waals surface area contributed by atoms with Crippen LogP contribution in [-0.4, -0.2) is 19.0 Å². The quantitative estimate of drug-likeness (QED) is 0.853. The summed E-state index contributed by atoms with van der Waals surface area (Å²) in [5, 5.41) is 2.93. The van der Waals surface area contributed by atoms with Gasteiger partial charge in [-0.25, -0.2) is 0 Å². The van der Waals surface area contributed by atoms with Crippen molar-refractivity contribution in [2.45, 2.75) is 19.8 Å². The minimum absolute atomic E-state index is 0.126. The van der Waals surface area contributed by atoms with E-state index < -0.39 is 0 Å². The Hall–Kier alpha value is -2.49. The first kappa shape index (κ1) is 14.4. The highest BCUT2D eigenvalue weighted by atomic mass is 16.1. The summed E-state index contributed by atoms with van der Waals surface area (Å²) in [6.45, 7) is 4.10. The van der Waals surface area contributed by atoms with Gasteiger partial charge in [0.2, 0.25) is 0 Å². The average molecular weight is 295 g/mol. The zero-order valence-corrected chi connectivity index (χ0v) is 12.8. The fraction of sp³-hybridized carbons (Fsp3) is 0.278. The third-order valence-corrected chi connectivity index (χ3v) is 4.22. The molecule has 1 aliphatic rings. The first-order valence-electron chi connectivity index (χ1n) is 7.66. The van der Waals surface area contributed by atoms with E-state index in [-0.39, 0.29) is 5.91 Å². The summed E-state index contributed by atoms with van der Waals surface area (Å²) in [7, 11) is 0. The molecule has 114 valence electrons. The monoisotopic (exact) mass is 295 g/mol. The summed E-state index contributed by atoms with van der Waals surface area (Å²) in [4.78, 5) is 14.7.